The van der Waals surface area contributed by atoms with Crippen LogP contribution in [0.25, 0.3) is 5.69 Å². The lowest BCUT2D eigenvalue weighted by molar-refractivity contribution is 0.101. The Bertz CT molecular complexity index is 691. The van der Waals surface area contributed by atoms with Crippen LogP contribution in [-0.2, 0) is 19.4 Å². The standard InChI is InChI=1S/C19H26FN3O/c1-13(2)22(11-14(3)24)12-18-17-5-4-6-19(17)23(21-18)16-9-7-15(20)8-10-16/h7-10,13-14,24H,4-6,11-12H2,1-3H3. The molecule has 130 valence electrons. The molecule has 1 aliphatic rings. The van der Waals surface area contributed by atoms with Gasteiger partial charge >= 0.3 is 0 Å². The molecule has 1 atom stereocenters. The molecule has 0 amide bonds. The Morgan fingerprint density at radius 1 is 1.21 bits per heavy atom. The molecule has 24 heavy (non-hydrogen) atoms. The first kappa shape index (κ1) is 17.1. The fourth-order valence-corrected chi connectivity index (χ4v) is 3.43. The van der Waals surface area contributed by atoms with Gasteiger partial charge in [-0.1, -0.05) is 0 Å². The van der Waals surface area contributed by atoms with E-state index in [1.165, 1.54) is 23.4 Å². The fourth-order valence-electron chi connectivity index (χ4n) is 3.43. The molecule has 5 heteroatoms. The smallest absolute Gasteiger partial charge is 0.123 e. The average Bonchev–Trinajstić information content (AvgIpc) is 3.11. The number of hydrogen-bond acceptors (Lipinski definition) is 3. The van der Waals surface area contributed by atoms with Crippen LogP contribution in [0.5, 0.6) is 0 Å². The highest BCUT2D eigenvalue weighted by Gasteiger charge is 2.25. The zero-order valence-electron chi connectivity index (χ0n) is 14.7. The first-order valence-corrected chi connectivity index (χ1v) is 8.73. The number of rotatable bonds is 6. The second-order valence-electron chi connectivity index (χ2n) is 6.99. The number of hydrogen-bond donors (Lipinski definition) is 1. The van der Waals surface area contributed by atoms with Crippen molar-refractivity contribution in [3.05, 3.63) is 47.0 Å². The molecule has 2 aromatic rings. The van der Waals surface area contributed by atoms with E-state index in [1.807, 2.05) is 11.6 Å². The Morgan fingerprint density at radius 3 is 2.54 bits per heavy atom. The topological polar surface area (TPSA) is 41.3 Å². The van der Waals surface area contributed by atoms with Crippen LogP contribution in [0, 0.1) is 5.82 Å². The van der Waals surface area contributed by atoms with Crippen molar-refractivity contribution in [1.29, 1.82) is 0 Å². The molecule has 1 heterocycles. The predicted molar refractivity (Wildman–Crippen MR) is 92.8 cm³/mol. The minimum Gasteiger partial charge on any atom is -0.392 e. The molecule has 0 spiro atoms. The average molecular weight is 331 g/mol. The molecule has 1 aliphatic carbocycles. The summed E-state index contributed by atoms with van der Waals surface area (Å²) in [5.74, 6) is -0.231. The summed E-state index contributed by atoms with van der Waals surface area (Å²) in [6, 6.07) is 6.85. The number of aromatic nitrogens is 2. The zero-order valence-corrected chi connectivity index (χ0v) is 14.7. The Hall–Kier alpha value is -1.72. The molecule has 3 rings (SSSR count). The van der Waals surface area contributed by atoms with Gasteiger partial charge in [-0.25, -0.2) is 9.07 Å². The van der Waals surface area contributed by atoms with E-state index >= 15 is 0 Å². The van der Waals surface area contributed by atoms with Crippen molar-refractivity contribution in [3.8, 4) is 5.69 Å². The first-order chi connectivity index (χ1) is 11.5. The van der Waals surface area contributed by atoms with E-state index in [1.54, 1.807) is 12.1 Å². The summed E-state index contributed by atoms with van der Waals surface area (Å²) in [4.78, 5) is 2.25. The number of benzene rings is 1. The summed E-state index contributed by atoms with van der Waals surface area (Å²) < 4.78 is 15.2. The minimum atomic E-state index is -0.361. The SMILES string of the molecule is CC(O)CN(Cc1nn(-c2ccc(F)cc2)c2c1CCC2)C(C)C. The summed E-state index contributed by atoms with van der Waals surface area (Å²) in [5.41, 5.74) is 4.57. The zero-order chi connectivity index (χ0) is 17.3. The summed E-state index contributed by atoms with van der Waals surface area (Å²) in [6.07, 6.45) is 2.84. The van der Waals surface area contributed by atoms with Crippen molar-refractivity contribution in [2.75, 3.05) is 6.54 Å². The van der Waals surface area contributed by atoms with E-state index in [9.17, 15) is 9.50 Å². The molecule has 0 radical (unpaired) electrons. The van der Waals surface area contributed by atoms with Gasteiger partial charge in [0.15, 0.2) is 0 Å². The highest BCUT2D eigenvalue weighted by atomic mass is 19.1. The summed E-state index contributed by atoms with van der Waals surface area (Å²) in [7, 11) is 0. The van der Waals surface area contributed by atoms with Crippen molar-refractivity contribution in [2.45, 2.75) is 58.7 Å². The van der Waals surface area contributed by atoms with Crippen LogP contribution in [0.4, 0.5) is 4.39 Å². The molecule has 1 unspecified atom stereocenters. The number of aliphatic hydroxyl groups excluding tert-OH is 1. The van der Waals surface area contributed by atoms with Gasteiger partial charge in [0, 0.05) is 24.8 Å². The number of aliphatic hydroxyl groups is 1. The van der Waals surface area contributed by atoms with Crippen LogP contribution in [0.2, 0.25) is 0 Å². The van der Waals surface area contributed by atoms with Gasteiger partial charge < -0.3 is 5.11 Å². The molecular weight excluding hydrogens is 305 g/mol. The second kappa shape index (κ2) is 7.03. The molecule has 0 bridgehead atoms. The van der Waals surface area contributed by atoms with Gasteiger partial charge in [-0.15, -0.1) is 0 Å². The van der Waals surface area contributed by atoms with Crippen LogP contribution >= 0.6 is 0 Å². The Morgan fingerprint density at radius 2 is 1.92 bits per heavy atom. The normalized spacial score (nSPS) is 15.3. The van der Waals surface area contributed by atoms with E-state index in [-0.39, 0.29) is 11.9 Å². The summed E-state index contributed by atoms with van der Waals surface area (Å²) >= 11 is 0. The van der Waals surface area contributed by atoms with Crippen LogP contribution < -0.4 is 0 Å². The van der Waals surface area contributed by atoms with Crippen LogP contribution in [0.1, 0.15) is 44.1 Å². The predicted octanol–water partition coefficient (Wildman–Crippen LogP) is 3.09. The first-order valence-electron chi connectivity index (χ1n) is 8.73. The molecule has 1 aromatic carbocycles. The maximum absolute atomic E-state index is 13.2. The van der Waals surface area contributed by atoms with E-state index in [0.29, 0.717) is 12.6 Å². The van der Waals surface area contributed by atoms with Gasteiger partial charge in [-0.3, -0.25) is 4.90 Å². The summed E-state index contributed by atoms with van der Waals surface area (Å²) in [6.45, 7) is 7.46. The van der Waals surface area contributed by atoms with Crippen molar-refractivity contribution in [1.82, 2.24) is 14.7 Å². The maximum atomic E-state index is 13.2. The highest BCUT2D eigenvalue weighted by molar-refractivity contribution is 5.40. The molecule has 0 saturated carbocycles. The van der Waals surface area contributed by atoms with E-state index < -0.39 is 0 Å². The third-order valence-electron chi connectivity index (χ3n) is 4.67. The van der Waals surface area contributed by atoms with Gasteiger partial charge in [0.1, 0.15) is 5.82 Å². The van der Waals surface area contributed by atoms with Gasteiger partial charge in [0.2, 0.25) is 0 Å². The van der Waals surface area contributed by atoms with Crippen molar-refractivity contribution in [2.24, 2.45) is 0 Å². The minimum absolute atomic E-state index is 0.231. The van der Waals surface area contributed by atoms with Crippen molar-refractivity contribution >= 4 is 0 Å². The number of halogens is 1. The van der Waals surface area contributed by atoms with Gasteiger partial charge in [0.25, 0.3) is 0 Å². The third-order valence-corrected chi connectivity index (χ3v) is 4.67. The lowest BCUT2D eigenvalue weighted by atomic mass is 10.1. The second-order valence-corrected chi connectivity index (χ2v) is 6.99. The van der Waals surface area contributed by atoms with Crippen LogP contribution in [0.15, 0.2) is 24.3 Å². The number of nitrogens with zero attached hydrogens (tertiary/aromatic N) is 3. The molecule has 0 saturated heterocycles. The van der Waals surface area contributed by atoms with Crippen molar-refractivity contribution < 1.29 is 9.50 Å². The maximum Gasteiger partial charge on any atom is 0.123 e. The molecule has 0 fully saturated rings. The lowest BCUT2D eigenvalue weighted by Crippen LogP contribution is -2.36. The lowest BCUT2D eigenvalue weighted by Gasteiger charge is -2.27. The Labute approximate surface area is 142 Å². The van der Waals surface area contributed by atoms with Crippen LogP contribution in [-0.4, -0.2) is 38.5 Å². The Kier molecular flexibility index (Phi) is 5.01. The molecule has 0 aliphatic heterocycles. The van der Waals surface area contributed by atoms with Crippen LogP contribution in [0.3, 0.4) is 0 Å². The summed E-state index contributed by atoms with van der Waals surface area (Å²) in [5, 5.41) is 14.6. The largest absolute Gasteiger partial charge is 0.392 e. The Balaban J connectivity index is 1.92. The van der Waals surface area contributed by atoms with E-state index in [2.05, 4.69) is 18.7 Å². The van der Waals surface area contributed by atoms with Gasteiger partial charge in [-0.2, -0.15) is 5.10 Å². The molecule has 1 N–H and O–H groups in total. The van der Waals surface area contributed by atoms with Gasteiger partial charge in [-0.05, 0) is 69.9 Å². The third kappa shape index (κ3) is 3.52. The number of fused-ring (bicyclic) bond motifs is 1. The van der Waals surface area contributed by atoms with Gasteiger partial charge in [0.05, 0.1) is 17.5 Å². The fraction of sp³-hybridized carbons (Fsp3) is 0.526. The molecular formula is C19H26FN3O. The van der Waals surface area contributed by atoms with Crippen molar-refractivity contribution in [3.63, 3.8) is 0 Å². The quantitative estimate of drug-likeness (QED) is 0.884. The molecule has 4 nitrogen and oxygen atoms in total. The molecule has 1 aromatic heterocycles. The van der Waals surface area contributed by atoms with E-state index in [4.69, 9.17) is 5.10 Å². The van der Waals surface area contributed by atoms with E-state index in [0.717, 1.165) is 37.2 Å². The highest BCUT2D eigenvalue weighted by Crippen LogP contribution is 2.29. The monoisotopic (exact) mass is 331 g/mol.